The molecular weight excluding hydrogens is 190 g/mol. The van der Waals surface area contributed by atoms with Gasteiger partial charge in [0.25, 0.3) is 0 Å². The molecule has 15 heavy (non-hydrogen) atoms. The number of aliphatic hydroxyl groups excluding tert-OH is 1. The monoisotopic (exact) mass is 215 g/mol. The van der Waals surface area contributed by atoms with Gasteiger partial charge in [0.05, 0.1) is 0 Å². The molecule has 2 N–H and O–H groups in total. The van der Waals surface area contributed by atoms with Crippen LogP contribution >= 0.6 is 0 Å². The third-order valence-corrected chi connectivity index (χ3v) is 3.58. The lowest BCUT2D eigenvalue weighted by molar-refractivity contribution is 0.121. The van der Waals surface area contributed by atoms with Gasteiger partial charge in [0.15, 0.2) is 0 Å². The second-order valence-corrected chi connectivity index (χ2v) is 4.93. The average molecular weight is 215 g/mol. The molecule has 0 aromatic carbocycles. The Morgan fingerprint density at radius 1 is 1.40 bits per heavy atom. The molecule has 0 aliphatic heterocycles. The number of nitrogens with one attached hydrogen (secondary N) is 1. The maximum atomic E-state index is 9.44. The van der Waals surface area contributed by atoms with Crippen LogP contribution in [-0.4, -0.2) is 38.0 Å². The maximum Gasteiger partial charge on any atom is 0.0499 e. The lowest BCUT2D eigenvalue weighted by Gasteiger charge is -2.28. The molecule has 1 aliphatic rings. The third-order valence-electron chi connectivity index (χ3n) is 3.58. The van der Waals surface area contributed by atoms with Crippen LogP contribution in [0.15, 0.2) is 0 Å². The number of hydrogen-bond donors (Lipinski definition) is 2. The Morgan fingerprint density at radius 2 is 2.07 bits per heavy atom. The highest BCUT2D eigenvalue weighted by Gasteiger charge is 2.32. The Kier molecular flexibility index (Phi) is 5.58. The maximum absolute atomic E-state index is 9.44. The molecule has 1 aliphatic carbocycles. The van der Waals surface area contributed by atoms with Crippen LogP contribution < -0.4 is 5.32 Å². The summed E-state index contributed by atoms with van der Waals surface area (Å²) < 4.78 is 5.05. The van der Waals surface area contributed by atoms with Crippen molar-refractivity contribution >= 4 is 0 Å². The summed E-state index contributed by atoms with van der Waals surface area (Å²) in [5.74, 6) is 0. The predicted octanol–water partition coefficient (Wildman–Crippen LogP) is 1.55. The Labute approximate surface area is 93.2 Å². The van der Waals surface area contributed by atoms with Crippen LogP contribution in [0.4, 0.5) is 0 Å². The average Bonchev–Trinajstić information content (AvgIpc) is 2.73. The Bertz CT molecular complexity index is 167. The highest BCUT2D eigenvalue weighted by Crippen LogP contribution is 2.36. The van der Waals surface area contributed by atoms with Crippen LogP contribution in [0, 0.1) is 5.41 Å². The summed E-state index contributed by atoms with van der Waals surface area (Å²) in [6.45, 7) is 4.27. The largest absolute Gasteiger partial charge is 0.396 e. The first-order chi connectivity index (χ1) is 7.22. The van der Waals surface area contributed by atoms with Gasteiger partial charge >= 0.3 is 0 Å². The molecule has 1 rings (SSSR count). The smallest absolute Gasteiger partial charge is 0.0499 e. The van der Waals surface area contributed by atoms with Gasteiger partial charge in [0, 0.05) is 38.3 Å². The molecule has 1 atom stereocenters. The van der Waals surface area contributed by atoms with Gasteiger partial charge in [0.1, 0.15) is 0 Å². The number of hydrogen-bond acceptors (Lipinski definition) is 3. The van der Waals surface area contributed by atoms with Crippen LogP contribution in [0.3, 0.4) is 0 Å². The van der Waals surface area contributed by atoms with E-state index in [-0.39, 0.29) is 5.41 Å². The minimum absolute atomic E-state index is 0.168. The lowest BCUT2D eigenvalue weighted by Crippen LogP contribution is -2.39. The molecule has 0 aromatic heterocycles. The van der Waals surface area contributed by atoms with E-state index < -0.39 is 0 Å². The molecule has 1 fully saturated rings. The molecule has 0 radical (unpaired) electrons. The third kappa shape index (κ3) is 4.09. The van der Waals surface area contributed by atoms with Crippen molar-refractivity contribution in [1.82, 2.24) is 5.32 Å². The van der Waals surface area contributed by atoms with Gasteiger partial charge < -0.3 is 15.2 Å². The molecule has 90 valence electrons. The zero-order valence-corrected chi connectivity index (χ0v) is 10.1. The van der Waals surface area contributed by atoms with E-state index in [1.807, 2.05) is 0 Å². The van der Waals surface area contributed by atoms with E-state index in [0.717, 1.165) is 19.6 Å². The molecule has 1 saturated carbocycles. The highest BCUT2D eigenvalue weighted by molar-refractivity contribution is 4.86. The van der Waals surface area contributed by atoms with Crippen molar-refractivity contribution in [3.05, 3.63) is 0 Å². The van der Waals surface area contributed by atoms with E-state index in [1.165, 1.54) is 25.7 Å². The molecular formula is C12H25NO2. The first kappa shape index (κ1) is 12.9. The van der Waals surface area contributed by atoms with Crippen molar-refractivity contribution in [2.24, 2.45) is 5.41 Å². The Morgan fingerprint density at radius 3 is 2.60 bits per heavy atom. The fourth-order valence-electron chi connectivity index (χ4n) is 2.30. The Hall–Kier alpha value is -0.120. The second-order valence-electron chi connectivity index (χ2n) is 4.93. The van der Waals surface area contributed by atoms with Gasteiger partial charge in [-0.2, -0.15) is 0 Å². The Balaban J connectivity index is 2.21. The zero-order valence-electron chi connectivity index (χ0n) is 10.1. The summed E-state index contributed by atoms with van der Waals surface area (Å²) in [6, 6.07) is 0.481. The van der Waals surface area contributed by atoms with Gasteiger partial charge in [-0.25, -0.2) is 0 Å². The van der Waals surface area contributed by atoms with Crippen molar-refractivity contribution in [2.45, 2.75) is 45.1 Å². The van der Waals surface area contributed by atoms with E-state index in [4.69, 9.17) is 4.74 Å². The summed E-state index contributed by atoms with van der Waals surface area (Å²) in [6.07, 6.45) is 5.93. The standard InChI is InChI=1S/C12H25NO2/c1-11(5-8-15-2)13-9-12(10-14)6-3-4-7-12/h11,13-14H,3-10H2,1-2H3. The van der Waals surface area contributed by atoms with Crippen LogP contribution in [0.25, 0.3) is 0 Å². The number of methoxy groups -OCH3 is 1. The molecule has 0 bridgehead atoms. The fourth-order valence-corrected chi connectivity index (χ4v) is 2.30. The van der Waals surface area contributed by atoms with Crippen molar-refractivity contribution in [2.75, 3.05) is 26.9 Å². The molecule has 0 aromatic rings. The number of aliphatic hydroxyl groups is 1. The molecule has 0 amide bonds. The summed E-state index contributed by atoms with van der Waals surface area (Å²) in [4.78, 5) is 0. The van der Waals surface area contributed by atoms with Crippen LogP contribution in [0.1, 0.15) is 39.0 Å². The van der Waals surface area contributed by atoms with E-state index in [9.17, 15) is 5.11 Å². The van der Waals surface area contributed by atoms with E-state index >= 15 is 0 Å². The predicted molar refractivity (Wildman–Crippen MR) is 61.9 cm³/mol. The summed E-state index contributed by atoms with van der Waals surface area (Å²) in [5.41, 5.74) is 0.168. The van der Waals surface area contributed by atoms with Crippen molar-refractivity contribution in [3.8, 4) is 0 Å². The molecule has 0 spiro atoms. The normalized spacial score (nSPS) is 21.8. The fraction of sp³-hybridized carbons (Fsp3) is 1.00. The molecule has 0 saturated heterocycles. The zero-order chi connectivity index (χ0) is 11.1. The van der Waals surface area contributed by atoms with E-state index in [0.29, 0.717) is 12.6 Å². The lowest BCUT2D eigenvalue weighted by atomic mass is 9.87. The number of ether oxygens (including phenoxy) is 1. The minimum Gasteiger partial charge on any atom is -0.396 e. The van der Waals surface area contributed by atoms with Crippen molar-refractivity contribution < 1.29 is 9.84 Å². The number of rotatable bonds is 7. The van der Waals surface area contributed by atoms with Gasteiger partial charge in [0.2, 0.25) is 0 Å². The van der Waals surface area contributed by atoms with E-state index in [1.54, 1.807) is 7.11 Å². The first-order valence-electron chi connectivity index (χ1n) is 6.06. The molecule has 3 nitrogen and oxygen atoms in total. The van der Waals surface area contributed by atoms with Crippen LogP contribution in [0.2, 0.25) is 0 Å². The van der Waals surface area contributed by atoms with E-state index in [2.05, 4.69) is 12.2 Å². The second kappa shape index (κ2) is 6.46. The first-order valence-corrected chi connectivity index (χ1v) is 6.06. The van der Waals surface area contributed by atoms with Crippen LogP contribution in [-0.2, 0) is 4.74 Å². The summed E-state index contributed by atoms with van der Waals surface area (Å²) in [5, 5.41) is 13.0. The molecule has 0 heterocycles. The van der Waals surface area contributed by atoms with Crippen LogP contribution in [0.5, 0.6) is 0 Å². The quantitative estimate of drug-likeness (QED) is 0.677. The molecule has 1 unspecified atom stereocenters. The van der Waals surface area contributed by atoms with Gasteiger partial charge in [-0.3, -0.25) is 0 Å². The highest BCUT2D eigenvalue weighted by atomic mass is 16.5. The van der Waals surface area contributed by atoms with Gasteiger partial charge in [-0.05, 0) is 26.2 Å². The summed E-state index contributed by atoms with van der Waals surface area (Å²) >= 11 is 0. The summed E-state index contributed by atoms with van der Waals surface area (Å²) in [7, 11) is 1.74. The minimum atomic E-state index is 0.168. The molecule has 3 heteroatoms. The van der Waals surface area contributed by atoms with Crippen molar-refractivity contribution in [1.29, 1.82) is 0 Å². The van der Waals surface area contributed by atoms with Crippen molar-refractivity contribution in [3.63, 3.8) is 0 Å². The topological polar surface area (TPSA) is 41.5 Å². The SMILES string of the molecule is COCCC(C)NCC1(CO)CCCC1. The van der Waals surface area contributed by atoms with Gasteiger partial charge in [-0.15, -0.1) is 0 Å². The van der Waals surface area contributed by atoms with Gasteiger partial charge in [-0.1, -0.05) is 12.8 Å².